The van der Waals surface area contributed by atoms with Gasteiger partial charge in [-0.1, -0.05) is 18.2 Å². The van der Waals surface area contributed by atoms with Gasteiger partial charge in [-0.25, -0.2) is 0 Å². The van der Waals surface area contributed by atoms with Gasteiger partial charge in [0.25, 0.3) is 0 Å². The van der Waals surface area contributed by atoms with Crippen LogP contribution in [0.5, 0.6) is 0 Å². The van der Waals surface area contributed by atoms with Gasteiger partial charge >= 0.3 is 0 Å². The number of aromatic nitrogens is 1. The number of fused-ring (bicyclic) bond motifs is 1. The summed E-state index contributed by atoms with van der Waals surface area (Å²) >= 11 is 6.93. The Morgan fingerprint density at radius 2 is 2.05 bits per heavy atom. The van der Waals surface area contributed by atoms with Crippen molar-refractivity contribution >= 4 is 42.8 Å². The lowest BCUT2D eigenvalue weighted by atomic mass is 10.2. The van der Waals surface area contributed by atoms with Gasteiger partial charge in [-0.15, -0.1) is 0 Å². The lowest BCUT2D eigenvalue weighted by Crippen LogP contribution is -2.18. The van der Waals surface area contributed by atoms with Crippen LogP contribution < -0.4 is 5.32 Å². The van der Waals surface area contributed by atoms with Crippen LogP contribution in [0, 0.1) is 0 Å². The summed E-state index contributed by atoms with van der Waals surface area (Å²) in [5.74, 6) is 0.935. The minimum atomic E-state index is 0.120. The van der Waals surface area contributed by atoms with Crippen molar-refractivity contribution in [2.75, 3.05) is 0 Å². The molecule has 1 N–H and O–H groups in total. The highest BCUT2D eigenvalue weighted by Crippen LogP contribution is 2.24. The van der Waals surface area contributed by atoms with E-state index in [4.69, 9.17) is 4.42 Å². The Hall–Kier alpha value is -1.17. The van der Waals surface area contributed by atoms with Crippen LogP contribution in [0.2, 0.25) is 0 Å². The molecule has 1 unspecified atom stereocenters. The molecule has 3 aromatic rings. The molecule has 3 rings (SSSR count). The molecule has 0 amide bonds. The molecule has 108 valence electrons. The fourth-order valence-electron chi connectivity index (χ4n) is 2.14. The molecule has 1 atom stereocenters. The summed E-state index contributed by atoms with van der Waals surface area (Å²) in [5.41, 5.74) is 1.89. The van der Waals surface area contributed by atoms with Gasteiger partial charge < -0.3 is 9.73 Å². The van der Waals surface area contributed by atoms with Crippen LogP contribution in [0.15, 0.2) is 56.0 Å². The van der Waals surface area contributed by atoms with E-state index in [0.29, 0.717) is 6.54 Å². The number of furan rings is 1. The summed E-state index contributed by atoms with van der Waals surface area (Å²) in [7, 11) is 0. The maximum atomic E-state index is 5.87. The number of pyridine rings is 1. The summed E-state index contributed by atoms with van der Waals surface area (Å²) in [4.78, 5) is 4.40. The molecule has 0 fully saturated rings. The van der Waals surface area contributed by atoms with Crippen LogP contribution in [0.25, 0.3) is 11.0 Å². The highest BCUT2D eigenvalue weighted by molar-refractivity contribution is 9.11. The first-order valence-electron chi connectivity index (χ1n) is 6.65. The molecular formula is C16H14Br2N2O. The molecule has 0 radical (unpaired) electrons. The number of hydrogen-bond donors (Lipinski definition) is 1. The second kappa shape index (κ2) is 6.30. The van der Waals surface area contributed by atoms with E-state index in [9.17, 15) is 0 Å². The fourth-order valence-corrected chi connectivity index (χ4v) is 3.27. The molecule has 0 aliphatic heterocycles. The van der Waals surface area contributed by atoms with Crippen molar-refractivity contribution in [3.05, 3.63) is 63.0 Å². The Balaban J connectivity index is 1.72. The molecule has 2 heterocycles. The average Bonchev–Trinajstić information content (AvgIpc) is 2.90. The van der Waals surface area contributed by atoms with Gasteiger partial charge in [-0.05, 0) is 57.0 Å². The van der Waals surface area contributed by atoms with Crippen LogP contribution in [0.4, 0.5) is 0 Å². The Bertz CT molecular complexity index is 737. The third kappa shape index (κ3) is 3.36. The number of rotatable bonds is 4. The normalized spacial score (nSPS) is 12.7. The lowest BCUT2D eigenvalue weighted by Gasteiger charge is -2.11. The van der Waals surface area contributed by atoms with Crippen molar-refractivity contribution in [3.8, 4) is 0 Å². The number of nitrogens with one attached hydrogen (secondary N) is 1. The summed E-state index contributed by atoms with van der Waals surface area (Å²) in [6.07, 6.45) is 1.80. The molecule has 0 saturated carbocycles. The Morgan fingerprint density at radius 3 is 2.81 bits per heavy atom. The number of nitrogens with zero attached hydrogens (tertiary/aromatic N) is 1. The first-order chi connectivity index (χ1) is 10.1. The van der Waals surface area contributed by atoms with Crippen molar-refractivity contribution in [1.29, 1.82) is 0 Å². The fraction of sp³-hybridized carbons (Fsp3) is 0.188. The monoisotopic (exact) mass is 408 g/mol. The summed E-state index contributed by atoms with van der Waals surface area (Å²) in [6, 6.07) is 12.2. The molecule has 3 nitrogen and oxygen atoms in total. The number of benzene rings is 1. The van der Waals surface area contributed by atoms with E-state index >= 15 is 0 Å². The standard InChI is InChI=1S/C16H14Br2N2O/c1-10(16-6-11-4-2-3-5-15(11)21-16)19-9-14-13(18)7-12(17)8-20-14/h2-8,10,19H,9H2,1H3. The molecular weight excluding hydrogens is 396 g/mol. The van der Waals surface area contributed by atoms with Gasteiger partial charge in [0.05, 0.1) is 11.7 Å². The largest absolute Gasteiger partial charge is 0.459 e. The van der Waals surface area contributed by atoms with Crippen LogP contribution in [0.3, 0.4) is 0 Å². The third-order valence-electron chi connectivity index (χ3n) is 3.33. The summed E-state index contributed by atoms with van der Waals surface area (Å²) in [6.45, 7) is 2.76. The van der Waals surface area contributed by atoms with Crippen LogP contribution in [-0.4, -0.2) is 4.98 Å². The second-order valence-electron chi connectivity index (χ2n) is 4.87. The van der Waals surface area contributed by atoms with E-state index in [0.717, 1.165) is 31.4 Å². The Kier molecular flexibility index (Phi) is 4.42. The maximum absolute atomic E-state index is 5.87. The van der Waals surface area contributed by atoms with Crippen molar-refractivity contribution in [2.24, 2.45) is 0 Å². The summed E-state index contributed by atoms with van der Waals surface area (Å²) in [5, 5.41) is 4.56. The van der Waals surface area contributed by atoms with E-state index in [2.05, 4.69) is 61.2 Å². The molecule has 21 heavy (non-hydrogen) atoms. The number of halogens is 2. The predicted molar refractivity (Wildman–Crippen MR) is 91.1 cm³/mol. The summed E-state index contributed by atoms with van der Waals surface area (Å²) < 4.78 is 7.81. The SMILES string of the molecule is CC(NCc1ncc(Br)cc1Br)c1cc2ccccc2o1. The molecule has 0 bridgehead atoms. The molecule has 0 saturated heterocycles. The van der Waals surface area contributed by atoms with Crippen LogP contribution >= 0.6 is 31.9 Å². The zero-order valence-corrected chi connectivity index (χ0v) is 14.6. The second-order valence-corrected chi connectivity index (χ2v) is 6.64. The van der Waals surface area contributed by atoms with E-state index in [1.807, 2.05) is 24.3 Å². The quantitative estimate of drug-likeness (QED) is 0.643. The van der Waals surface area contributed by atoms with Crippen molar-refractivity contribution < 1.29 is 4.42 Å². The van der Waals surface area contributed by atoms with Crippen molar-refractivity contribution in [1.82, 2.24) is 10.3 Å². The van der Waals surface area contributed by atoms with Gasteiger partial charge in [0.2, 0.25) is 0 Å². The van der Waals surface area contributed by atoms with Crippen LogP contribution in [0.1, 0.15) is 24.4 Å². The van der Waals surface area contributed by atoms with Gasteiger partial charge in [-0.3, -0.25) is 4.98 Å². The molecule has 5 heteroatoms. The minimum Gasteiger partial charge on any atom is -0.459 e. The highest BCUT2D eigenvalue weighted by atomic mass is 79.9. The molecule has 2 aromatic heterocycles. The van der Waals surface area contributed by atoms with Gasteiger partial charge in [0.15, 0.2) is 0 Å². The predicted octanol–water partition coefficient (Wildman–Crippen LogP) is 5.20. The Morgan fingerprint density at radius 1 is 1.24 bits per heavy atom. The molecule has 1 aromatic carbocycles. The van der Waals surface area contributed by atoms with Gasteiger partial charge in [0.1, 0.15) is 11.3 Å². The van der Waals surface area contributed by atoms with Crippen molar-refractivity contribution in [2.45, 2.75) is 19.5 Å². The Labute approximate surface area is 140 Å². The van der Waals surface area contributed by atoms with E-state index < -0.39 is 0 Å². The highest BCUT2D eigenvalue weighted by Gasteiger charge is 2.12. The van der Waals surface area contributed by atoms with E-state index in [-0.39, 0.29) is 6.04 Å². The minimum absolute atomic E-state index is 0.120. The lowest BCUT2D eigenvalue weighted by molar-refractivity contribution is 0.448. The smallest absolute Gasteiger partial charge is 0.134 e. The molecule has 0 spiro atoms. The third-order valence-corrected chi connectivity index (χ3v) is 4.45. The topological polar surface area (TPSA) is 38.1 Å². The van der Waals surface area contributed by atoms with Gasteiger partial charge in [0, 0.05) is 27.1 Å². The van der Waals surface area contributed by atoms with E-state index in [1.165, 1.54) is 0 Å². The van der Waals surface area contributed by atoms with E-state index in [1.54, 1.807) is 6.20 Å². The zero-order valence-electron chi connectivity index (χ0n) is 11.4. The zero-order chi connectivity index (χ0) is 14.8. The van der Waals surface area contributed by atoms with Crippen molar-refractivity contribution in [3.63, 3.8) is 0 Å². The van der Waals surface area contributed by atoms with Gasteiger partial charge in [-0.2, -0.15) is 0 Å². The maximum Gasteiger partial charge on any atom is 0.134 e. The first kappa shape index (κ1) is 14.8. The average molecular weight is 410 g/mol. The first-order valence-corrected chi connectivity index (χ1v) is 8.24. The molecule has 0 aliphatic rings. The number of hydrogen-bond acceptors (Lipinski definition) is 3. The molecule has 0 aliphatic carbocycles. The van der Waals surface area contributed by atoms with Crippen LogP contribution in [-0.2, 0) is 6.54 Å². The number of para-hydroxylation sites is 1.